The van der Waals surface area contributed by atoms with E-state index in [1.807, 2.05) is 76.8 Å². The van der Waals surface area contributed by atoms with Crippen molar-refractivity contribution in [3.8, 4) is 22.5 Å². The fraction of sp³-hybridized carbons (Fsp3) is 0.170. The monoisotopic (exact) mass is 721 g/mol. The summed E-state index contributed by atoms with van der Waals surface area (Å²) in [6.07, 6.45) is 2.73. The van der Waals surface area contributed by atoms with E-state index in [1.54, 1.807) is 0 Å². The Morgan fingerprint density at radius 1 is 0.673 bits per heavy atom. The Labute approximate surface area is 321 Å². The van der Waals surface area contributed by atoms with Gasteiger partial charge in [-0.05, 0) is 68.4 Å². The van der Waals surface area contributed by atoms with Crippen molar-refractivity contribution in [1.29, 1.82) is 0 Å². The summed E-state index contributed by atoms with van der Waals surface area (Å²) < 4.78 is 3.82. The predicted octanol–water partition coefficient (Wildman–Crippen LogP) is 9.01. The maximum absolute atomic E-state index is 14.1. The van der Waals surface area contributed by atoms with Gasteiger partial charge in [-0.15, -0.1) is 5.10 Å². The van der Waals surface area contributed by atoms with E-state index in [0.29, 0.717) is 17.8 Å². The lowest BCUT2D eigenvalue weighted by molar-refractivity contribution is 0.451. The molecule has 0 aliphatic carbocycles. The number of benzene rings is 6. The van der Waals surface area contributed by atoms with Gasteiger partial charge in [0.05, 0.1) is 17.4 Å². The number of aryl methyl sites for hydroxylation is 1. The predicted molar refractivity (Wildman–Crippen MR) is 221 cm³/mol. The molecule has 0 saturated carbocycles. The Morgan fingerprint density at radius 2 is 1.25 bits per heavy atom. The van der Waals surface area contributed by atoms with E-state index >= 15 is 0 Å². The van der Waals surface area contributed by atoms with Crippen LogP contribution in [0.3, 0.4) is 0 Å². The molecule has 0 aliphatic heterocycles. The SMILES string of the molecule is CCCCc1nc2ccc(N(C)C)cc2c(=O)n1Cc1ccc(-c2ccccc2-c2nnnn2C(c2ccccc2)(c2ccccc2)c2ccccc2)cc1. The highest BCUT2D eigenvalue weighted by molar-refractivity contribution is 5.82. The maximum atomic E-state index is 14.1. The second-order valence-corrected chi connectivity index (χ2v) is 14.1. The molecule has 0 aliphatic rings. The Bertz CT molecular complexity index is 2500. The molecule has 8 aromatic rings. The van der Waals surface area contributed by atoms with Crippen molar-refractivity contribution in [2.24, 2.45) is 0 Å². The topological polar surface area (TPSA) is 81.7 Å². The molecule has 6 aromatic carbocycles. The Hall–Kier alpha value is -6.67. The molecule has 2 heterocycles. The molecule has 8 rings (SSSR count). The van der Waals surface area contributed by atoms with E-state index in [4.69, 9.17) is 15.3 Å². The van der Waals surface area contributed by atoms with Gasteiger partial charge in [0, 0.05) is 31.8 Å². The molecule has 0 N–H and O–H groups in total. The quantitative estimate of drug-likeness (QED) is 0.117. The molecule has 8 nitrogen and oxygen atoms in total. The molecule has 0 bridgehead atoms. The molecule has 0 atom stereocenters. The lowest BCUT2D eigenvalue weighted by Gasteiger charge is -2.36. The second kappa shape index (κ2) is 15.4. The number of nitrogens with zero attached hydrogens (tertiary/aromatic N) is 7. The fourth-order valence-electron chi connectivity index (χ4n) is 7.61. The van der Waals surface area contributed by atoms with Crippen LogP contribution in [0.4, 0.5) is 5.69 Å². The lowest BCUT2D eigenvalue weighted by Crippen LogP contribution is -2.39. The van der Waals surface area contributed by atoms with Crippen LogP contribution >= 0.6 is 0 Å². The van der Waals surface area contributed by atoms with Gasteiger partial charge < -0.3 is 4.90 Å². The van der Waals surface area contributed by atoms with Crippen LogP contribution < -0.4 is 10.5 Å². The van der Waals surface area contributed by atoms with Crippen LogP contribution in [0.15, 0.2) is 163 Å². The summed E-state index contributed by atoms with van der Waals surface area (Å²) in [4.78, 5) is 21.1. The third-order valence-corrected chi connectivity index (χ3v) is 10.4. The molecule has 8 heteroatoms. The number of rotatable bonds is 12. The van der Waals surface area contributed by atoms with Gasteiger partial charge in [0.1, 0.15) is 11.4 Å². The molecule has 2 aromatic heterocycles. The van der Waals surface area contributed by atoms with E-state index in [-0.39, 0.29) is 5.56 Å². The third-order valence-electron chi connectivity index (χ3n) is 10.4. The van der Waals surface area contributed by atoms with Crippen molar-refractivity contribution in [1.82, 2.24) is 29.8 Å². The zero-order chi connectivity index (χ0) is 37.8. The maximum Gasteiger partial charge on any atom is 0.261 e. The Kier molecular flexibility index (Phi) is 9.88. The highest BCUT2D eigenvalue weighted by Crippen LogP contribution is 2.43. The Morgan fingerprint density at radius 3 is 1.84 bits per heavy atom. The summed E-state index contributed by atoms with van der Waals surface area (Å²) in [5.41, 5.74) is 7.89. The number of fused-ring (bicyclic) bond motifs is 1. The van der Waals surface area contributed by atoms with E-state index < -0.39 is 5.54 Å². The fourth-order valence-corrected chi connectivity index (χ4v) is 7.61. The normalized spacial score (nSPS) is 11.5. The van der Waals surface area contributed by atoms with E-state index in [0.717, 1.165) is 75.2 Å². The van der Waals surface area contributed by atoms with Gasteiger partial charge in [0.15, 0.2) is 5.82 Å². The number of anilines is 1. The van der Waals surface area contributed by atoms with Crippen LogP contribution in [-0.4, -0.2) is 43.9 Å². The van der Waals surface area contributed by atoms with Crippen molar-refractivity contribution in [3.05, 3.63) is 196 Å². The minimum Gasteiger partial charge on any atom is -0.378 e. The lowest BCUT2D eigenvalue weighted by atomic mass is 9.77. The minimum absolute atomic E-state index is 0.0141. The summed E-state index contributed by atoms with van der Waals surface area (Å²) in [6, 6.07) is 53.9. The second-order valence-electron chi connectivity index (χ2n) is 14.1. The van der Waals surface area contributed by atoms with Crippen molar-refractivity contribution in [3.63, 3.8) is 0 Å². The molecular formula is C47H43N7O. The van der Waals surface area contributed by atoms with Gasteiger partial charge >= 0.3 is 0 Å². The van der Waals surface area contributed by atoms with Gasteiger partial charge in [-0.1, -0.05) is 153 Å². The largest absolute Gasteiger partial charge is 0.378 e. The van der Waals surface area contributed by atoms with Crippen LogP contribution in [0, 0.1) is 0 Å². The number of unbranched alkanes of at least 4 members (excludes halogenated alkanes) is 1. The first kappa shape index (κ1) is 35.4. The number of hydrogen-bond acceptors (Lipinski definition) is 6. The van der Waals surface area contributed by atoms with Gasteiger partial charge in [0.2, 0.25) is 0 Å². The van der Waals surface area contributed by atoms with Gasteiger partial charge in [-0.3, -0.25) is 9.36 Å². The first-order chi connectivity index (χ1) is 27.0. The van der Waals surface area contributed by atoms with Crippen molar-refractivity contribution < 1.29 is 0 Å². The van der Waals surface area contributed by atoms with Crippen molar-refractivity contribution in [2.45, 2.75) is 38.3 Å². The average Bonchev–Trinajstić information content (AvgIpc) is 3.73. The van der Waals surface area contributed by atoms with E-state index in [2.05, 4.69) is 121 Å². The van der Waals surface area contributed by atoms with Crippen LogP contribution in [-0.2, 0) is 18.5 Å². The van der Waals surface area contributed by atoms with Crippen LogP contribution in [0.25, 0.3) is 33.4 Å². The third kappa shape index (κ3) is 6.61. The zero-order valence-electron chi connectivity index (χ0n) is 31.4. The van der Waals surface area contributed by atoms with E-state index in [1.165, 1.54) is 0 Å². The zero-order valence-corrected chi connectivity index (χ0v) is 31.4. The molecule has 55 heavy (non-hydrogen) atoms. The van der Waals surface area contributed by atoms with Gasteiger partial charge in [-0.25, -0.2) is 9.67 Å². The highest BCUT2D eigenvalue weighted by atomic mass is 16.1. The smallest absolute Gasteiger partial charge is 0.261 e. The van der Waals surface area contributed by atoms with Crippen LogP contribution in [0.2, 0.25) is 0 Å². The summed E-state index contributed by atoms with van der Waals surface area (Å²) in [5.74, 6) is 1.46. The van der Waals surface area contributed by atoms with Crippen LogP contribution in [0.1, 0.15) is 47.8 Å². The van der Waals surface area contributed by atoms with Crippen molar-refractivity contribution >= 4 is 16.6 Å². The number of tetrazole rings is 1. The first-order valence-electron chi connectivity index (χ1n) is 18.8. The standard InChI is InChI=1S/C47H43N7O/c1-4-5-25-44-48-43-31-30-39(52(2)3)32-42(43)46(55)53(44)33-34-26-28-35(29-27-34)40-23-15-16-24-41(40)45-49-50-51-54(45)47(36-17-9-6-10-18-36,37-19-11-7-12-20-37)38-21-13-8-14-22-38/h6-24,26-32H,4-5,25,33H2,1-3H3. The van der Waals surface area contributed by atoms with E-state index in [9.17, 15) is 4.79 Å². The molecule has 0 unspecified atom stereocenters. The molecule has 0 radical (unpaired) electrons. The molecule has 0 spiro atoms. The van der Waals surface area contributed by atoms with Gasteiger partial charge in [0.25, 0.3) is 5.56 Å². The minimum atomic E-state index is -0.872. The number of aromatic nitrogens is 6. The Balaban J connectivity index is 1.22. The summed E-state index contributed by atoms with van der Waals surface area (Å²) in [5, 5.41) is 14.5. The molecule has 272 valence electrons. The van der Waals surface area contributed by atoms with Crippen molar-refractivity contribution in [2.75, 3.05) is 19.0 Å². The summed E-state index contributed by atoms with van der Waals surface area (Å²) in [6.45, 7) is 2.59. The molecule has 0 saturated heterocycles. The number of hydrogen-bond donors (Lipinski definition) is 0. The molecular weight excluding hydrogens is 679 g/mol. The van der Waals surface area contributed by atoms with Crippen LogP contribution in [0.5, 0.6) is 0 Å². The van der Waals surface area contributed by atoms with Gasteiger partial charge in [-0.2, -0.15) is 0 Å². The summed E-state index contributed by atoms with van der Waals surface area (Å²) >= 11 is 0. The summed E-state index contributed by atoms with van der Waals surface area (Å²) in [7, 11) is 3.96. The first-order valence-corrected chi connectivity index (χ1v) is 18.8. The molecule has 0 amide bonds. The average molecular weight is 722 g/mol. The highest BCUT2D eigenvalue weighted by Gasteiger charge is 2.42. The molecule has 0 fully saturated rings.